The highest BCUT2D eigenvalue weighted by molar-refractivity contribution is 9.10. The van der Waals surface area contributed by atoms with Crippen LogP contribution >= 0.6 is 27.5 Å². The van der Waals surface area contributed by atoms with Gasteiger partial charge in [-0.25, -0.2) is 0 Å². The average Bonchev–Trinajstić information content (AvgIpc) is 2.38. The minimum atomic E-state index is 0.657. The van der Waals surface area contributed by atoms with Crippen molar-refractivity contribution < 1.29 is 0 Å². The molecule has 92 valence electrons. The van der Waals surface area contributed by atoms with Crippen LogP contribution in [0.5, 0.6) is 0 Å². The van der Waals surface area contributed by atoms with E-state index >= 15 is 0 Å². The summed E-state index contributed by atoms with van der Waals surface area (Å²) in [6.07, 6.45) is 0. The Morgan fingerprint density at radius 3 is 2.44 bits per heavy atom. The first-order chi connectivity index (χ1) is 8.66. The summed E-state index contributed by atoms with van der Waals surface area (Å²) in [5.74, 6) is 0. The van der Waals surface area contributed by atoms with E-state index in [0.29, 0.717) is 5.02 Å². The molecule has 1 N–H and O–H groups in total. The molecule has 18 heavy (non-hydrogen) atoms. The van der Waals surface area contributed by atoms with E-state index in [9.17, 15) is 0 Å². The van der Waals surface area contributed by atoms with Crippen LogP contribution in [0.2, 0.25) is 5.02 Å². The molecule has 0 atom stereocenters. The van der Waals surface area contributed by atoms with Gasteiger partial charge in [0.1, 0.15) is 0 Å². The third-order valence-electron chi connectivity index (χ3n) is 2.48. The Labute approximate surface area is 120 Å². The van der Waals surface area contributed by atoms with Crippen molar-refractivity contribution >= 4 is 38.9 Å². The number of anilines is 1. The fraction of sp³-hybridized carbons (Fsp3) is 0.0714. The van der Waals surface area contributed by atoms with Crippen molar-refractivity contribution in [2.45, 2.75) is 6.92 Å². The van der Waals surface area contributed by atoms with E-state index < -0.39 is 0 Å². The SMILES string of the molecule is C/C(=N/Nc1ccccc1Cl)c1ccc(Br)cc1. The first-order valence-corrected chi connectivity index (χ1v) is 6.64. The second-order valence-electron chi connectivity index (χ2n) is 3.80. The quantitative estimate of drug-likeness (QED) is 0.628. The van der Waals surface area contributed by atoms with Gasteiger partial charge in [0.2, 0.25) is 0 Å². The van der Waals surface area contributed by atoms with Crippen molar-refractivity contribution in [1.82, 2.24) is 0 Å². The summed E-state index contributed by atoms with van der Waals surface area (Å²) in [5.41, 5.74) is 5.74. The van der Waals surface area contributed by atoms with Crippen LogP contribution in [-0.2, 0) is 0 Å². The Morgan fingerprint density at radius 2 is 1.78 bits per heavy atom. The number of rotatable bonds is 3. The molecule has 2 aromatic carbocycles. The van der Waals surface area contributed by atoms with Crippen LogP contribution in [0.4, 0.5) is 5.69 Å². The lowest BCUT2D eigenvalue weighted by Crippen LogP contribution is -1.99. The van der Waals surface area contributed by atoms with Gasteiger partial charge in [-0.1, -0.05) is 51.8 Å². The predicted molar refractivity (Wildman–Crippen MR) is 81.4 cm³/mol. The van der Waals surface area contributed by atoms with E-state index in [1.807, 2.05) is 55.5 Å². The molecule has 0 fully saturated rings. The lowest BCUT2D eigenvalue weighted by Gasteiger charge is -2.05. The molecular weight excluding hydrogens is 312 g/mol. The number of hydrogen-bond donors (Lipinski definition) is 1. The Balaban J connectivity index is 2.14. The third-order valence-corrected chi connectivity index (χ3v) is 3.34. The Morgan fingerprint density at radius 1 is 1.11 bits per heavy atom. The van der Waals surface area contributed by atoms with E-state index in [1.54, 1.807) is 0 Å². The minimum absolute atomic E-state index is 0.657. The summed E-state index contributed by atoms with van der Waals surface area (Å²) in [5, 5.41) is 4.98. The molecule has 2 nitrogen and oxygen atoms in total. The highest BCUT2D eigenvalue weighted by Crippen LogP contribution is 2.20. The van der Waals surface area contributed by atoms with Gasteiger partial charge < -0.3 is 0 Å². The molecule has 0 aromatic heterocycles. The second kappa shape index (κ2) is 6.03. The number of para-hydroxylation sites is 1. The lowest BCUT2D eigenvalue weighted by atomic mass is 10.1. The summed E-state index contributed by atoms with van der Waals surface area (Å²) >= 11 is 9.44. The van der Waals surface area contributed by atoms with Crippen LogP contribution in [-0.4, -0.2) is 5.71 Å². The van der Waals surface area contributed by atoms with Gasteiger partial charge in [0.05, 0.1) is 16.4 Å². The molecule has 0 unspecified atom stereocenters. The highest BCUT2D eigenvalue weighted by atomic mass is 79.9. The van der Waals surface area contributed by atoms with E-state index in [1.165, 1.54) is 0 Å². The van der Waals surface area contributed by atoms with Crippen LogP contribution in [0.3, 0.4) is 0 Å². The first-order valence-electron chi connectivity index (χ1n) is 5.47. The largest absolute Gasteiger partial charge is 0.277 e. The van der Waals surface area contributed by atoms with Crippen molar-refractivity contribution in [2.24, 2.45) is 5.10 Å². The van der Waals surface area contributed by atoms with Gasteiger partial charge in [-0.15, -0.1) is 0 Å². The van der Waals surface area contributed by atoms with Crippen LogP contribution < -0.4 is 5.43 Å². The molecule has 0 amide bonds. The first kappa shape index (κ1) is 13.1. The molecule has 2 rings (SSSR count). The maximum absolute atomic E-state index is 6.04. The van der Waals surface area contributed by atoms with Crippen molar-refractivity contribution in [3.8, 4) is 0 Å². The van der Waals surface area contributed by atoms with Crippen LogP contribution in [0.15, 0.2) is 58.1 Å². The van der Waals surface area contributed by atoms with Gasteiger partial charge in [-0.3, -0.25) is 5.43 Å². The summed E-state index contributed by atoms with van der Waals surface area (Å²) in [6.45, 7) is 1.95. The average molecular weight is 324 g/mol. The van der Waals surface area contributed by atoms with Crippen molar-refractivity contribution in [3.63, 3.8) is 0 Å². The van der Waals surface area contributed by atoms with Gasteiger partial charge in [0.25, 0.3) is 0 Å². The minimum Gasteiger partial charge on any atom is -0.277 e. The molecule has 0 aliphatic rings. The summed E-state index contributed by atoms with van der Waals surface area (Å²) in [4.78, 5) is 0. The molecule has 0 saturated heterocycles. The molecule has 0 spiro atoms. The zero-order valence-electron chi connectivity index (χ0n) is 9.82. The molecule has 0 bridgehead atoms. The number of hydrazone groups is 1. The van der Waals surface area contributed by atoms with E-state index in [2.05, 4.69) is 26.5 Å². The van der Waals surface area contributed by atoms with Crippen LogP contribution in [0, 0.1) is 0 Å². The fourth-order valence-corrected chi connectivity index (χ4v) is 1.89. The van der Waals surface area contributed by atoms with Gasteiger partial charge in [0.15, 0.2) is 0 Å². The van der Waals surface area contributed by atoms with E-state index in [-0.39, 0.29) is 0 Å². The number of nitrogens with zero attached hydrogens (tertiary/aromatic N) is 1. The monoisotopic (exact) mass is 322 g/mol. The van der Waals surface area contributed by atoms with Crippen molar-refractivity contribution in [2.75, 3.05) is 5.43 Å². The Kier molecular flexibility index (Phi) is 4.39. The maximum Gasteiger partial charge on any atom is 0.0748 e. The van der Waals surface area contributed by atoms with E-state index in [4.69, 9.17) is 11.6 Å². The lowest BCUT2D eigenvalue weighted by molar-refractivity contribution is 1.32. The number of nitrogens with one attached hydrogen (secondary N) is 1. The smallest absolute Gasteiger partial charge is 0.0748 e. The third kappa shape index (κ3) is 3.34. The highest BCUT2D eigenvalue weighted by Gasteiger charge is 1.99. The normalized spacial score (nSPS) is 11.4. The van der Waals surface area contributed by atoms with Crippen LogP contribution in [0.25, 0.3) is 0 Å². The van der Waals surface area contributed by atoms with Gasteiger partial charge in [-0.2, -0.15) is 5.10 Å². The second-order valence-corrected chi connectivity index (χ2v) is 5.12. The standard InChI is InChI=1S/C14H12BrClN2/c1-10(11-6-8-12(15)9-7-11)17-18-14-5-3-2-4-13(14)16/h2-9,18H,1H3/b17-10-. The maximum atomic E-state index is 6.04. The van der Waals surface area contributed by atoms with Crippen molar-refractivity contribution in [3.05, 3.63) is 63.6 Å². The molecule has 0 aliphatic carbocycles. The summed E-state index contributed by atoms with van der Waals surface area (Å²) in [7, 11) is 0. The van der Waals surface area contributed by atoms with Gasteiger partial charge in [-0.05, 0) is 36.8 Å². The van der Waals surface area contributed by atoms with Gasteiger partial charge in [0, 0.05) is 4.47 Å². The van der Waals surface area contributed by atoms with Gasteiger partial charge >= 0.3 is 0 Å². The molecule has 0 aliphatic heterocycles. The fourth-order valence-electron chi connectivity index (χ4n) is 1.45. The molecule has 2 aromatic rings. The number of halogens is 2. The zero-order valence-corrected chi connectivity index (χ0v) is 12.2. The van der Waals surface area contributed by atoms with Crippen molar-refractivity contribution in [1.29, 1.82) is 0 Å². The van der Waals surface area contributed by atoms with Crippen LogP contribution in [0.1, 0.15) is 12.5 Å². The zero-order chi connectivity index (χ0) is 13.0. The molecule has 4 heteroatoms. The molecular formula is C14H12BrClN2. The van der Waals surface area contributed by atoms with E-state index in [0.717, 1.165) is 21.4 Å². The summed E-state index contributed by atoms with van der Waals surface area (Å²) < 4.78 is 1.05. The predicted octanol–water partition coefficient (Wildman–Crippen LogP) is 4.94. The Bertz CT molecular complexity index is 564. The Hall–Kier alpha value is -1.32. The molecule has 0 heterocycles. The molecule has 0 saturated carbocycles. The number of hydrogen-bond acceptors (Lipinski definition) is 2. The topological polar surface area (TPSA) is 24.4 Å². The molecule has 0 radical (unpaired) electrons. The summed E-state index contributed by atoms with van der Waals surface area (Å²) in [6, 6.07) is 15.5. The number of benzene rings is 2.